The quantitative estimate of drug-likeness (QED) is 0.174. The number of ether oxygens (including phenoxy) is 1. The molecule has 0 fully saturated rings. The summed E-state index contributed by atoms with van der Waals surface area (Å²) in [6, 6.07) is 77.4. The Morgan fingerprint density at radius 3 is 1.86 bits per heavy atom. The molecule has 0 bridgehead atoms. The SMILES string of the molecule is c1ccc(-c2ccc3c(c2)c2ccccc2n3-c2ccc3[nH]c4c(-c5cccc6c5Oc5ccccc5[Si]6(c5ccccc5)c5ccccc5)cccc4c3c2)cc1. The van der Waals surface area contributed by atoms with Crippen LogP contribution in [0.3, 0.4) is 0 Å². The summed E-state index contributed by atoms with van der Waals surface area (Å²) in [6.07, 6.45) is 0. The maximum absolute atomic E-state index is 7.09. The second-order valence-corrected chi connectivity index (χ2v) is 19.0. The topological polar surface area (TPSA) is 29.9 Å². The number of aromatic amines is 1. The fraction of sp³-hybridized carbons (Fsp3) is 0. The molecule has 3 heterocycles. The van der Waals surface area contributed by atoms with Crippen molar-refractivity contribution in [3.05, 3.63) is 212 Å². The van der Waals surface area contributed by atoms with Gasteiger partial charge >= 0.3 is 0 Å². The molecule has 272 valence electrons. The lowest BCUT2D eigenvalue weighted by atomic mass is 10.0. The molecule has 3 nitrogen and oxygen atoms in total. The first-order valence-electron chi connectivity index (χ1n) is 19.9. The van der Waals surface area contributed by atoms with E-state index in [1.807, 2.05) is 0 Å². The van der Waals surface area contributed by atoms with E-state index in [0.717, 1.165) is 39.3 Å². The summed E-state index contributed by atoms with van der Waals surface area (Å²) in [5, 5.41) is 10.1. The minimum atomic E-state index is -2.78. The predicted molar refractivity (Wildman–Crippen MR) is 245 cm³/mol. The van der Waals surface area contributed by atoms with Crippen LogP contribution < -0.4 is 25.5 Å². The first-order chi connectivity index (χ1) is 28.8. The molecule has 1 aliphatic heterocycles. The maximum Gasteiger partial charge on any atom is 0.188 e. The monoisotopic (exact) mass is 756 g/mol. The zero-order valence-corrected chi connectivity index (χ0v) is 32.6. The molecular weight excluding hydrogens is 721 g/mol. The van der Waals surface area contributed by atoms with Gasteiger partial charge in [0.2, 0.25) is 0 Å². The molecule has 4 heteroatoms. The molecule has 1 aliphatic rings. The van der Waals surface area contributed by atoms with E-state index in [4.69, 9.17) is 4.74 Å². The summed E-state index contributed by atoms with van der Waals surface area (Å²) in [7, 11) is -2.78. The average molecular weight is 757 g/mol. The largest absolute Gasteiger partial charge is 0.457 e. The zero-order valence-electron chi connectivity index (χ0n) is 31.6. The van der Waals surface area contributed by atoms with Gasteiger partial charge in [-0.2, -0.15) is 0 Å². The van der Waals surface area contributed by atoms with E-state index in [2.05, 4.69) is 222 Å². The van der Waals surface area contributed by atoms with Crippen molar-refractivity contribution in [2.75, 3.05) is 0 Å². The molecule has 12 rings (SSSR count). The number of nitrogens with one attached hydrogen (secondary N) is 1. The van der Waals surface area contributed by atoms with Gasteiger partial charge in [-0.15, -0.1) is 0 Å². The predicted octanol–water partition coefficient (Wildman–Crippen LogP) is 11.2. The van der Waals surface area contributed by atoms with E-state index >= 15 is 0 Å². The number of rotatable bonds is 5. The highest BCUT2D eigenvalue weighted by Crippen LogP contribution is 2.42. The summed E-state index contributed by atoms with van der Waals surface area (Å²) in [4.78, 5) is 3.87. The molecule has 0 saturated carbocycles. The third-order valence-electron chi connectivity index (χ3n) is 12.3. The van der Waals surface area contributed by atoms with Gasteiger partial charge in [0.1, 0.15) is 11.5 Å². The highest BCUT2D eigenvalue weighted by atomic mass is 28.3. The van der Waals surface area contributed by atoms with Gasteiger partial charge in [0.05, 0.1) is 16.6 Å². The Balaban J connectivity index is 1.06. The van der Waals surface area contributed by atoms with Crippen molar-refractivity contribution in [3.63, 3.8) is 0 Å². The molecule has 2 aromatic heterocycles. The highest BCUT2D eigenvalue weighted by molar-refractivity contribution is 7.20. The second kappa shape index (κ2) is 12.8. The van der Waals surface area contributed by atoms with E-state index in [1.54, 1.807) is 0 Å². The van der Waals surface area contributed by atoms with Crippen LogP contribution in [0.5, 0.6) is 11.5 Å². The first kappa shape index (κ1) is 32.8. The Hall–Kier alpha value is -7.40. The lowest BCUT2D eigenvalue weighted by Gasteiger charge is -2.40. The molecule has 58 heavy (non-hydrogen) atoms. The van der Waals surface area contributed by atoms with Crippen LogP contribution in [-0.4, -0.2) is 17.6 Å². The van der Waals surface area contributed by atoms with Crippen molar-refractivity contribution in [2.45, 2.75) is 0 Å². The normalized spacial score (nSPS) is 13.1. The second-order valence-electron chi connectivity index (χ2n) is 15.3. The zero-order chi connectivity index (χ0) is 38.2. The number of hydrogen-bond acceptors (Lipinski definition) is 1. The molecular formula is C54H36N2OSi. The minimum absolute atomic E-state index is 0.928. The van der Waals surface area contributed by atoms with Crippen molar-refractivity contribution >= 4 is 72.4 Å². The van der Waals surface area contributed by atoms with Crippen LogP contribution in [0.25, 0.3) is 71.6 Å². The van der Waals surface area contributed by atoms with Crippen molar-refractivity contribution in [1.29, 1.82) is 0 Å². The average Bonchev–Trinajstić information content (AvgIpc) is 3.84. The van der Waals surface area contributed by atoms with Crippen LogP contribution in [0.4, 0.5) is 0 Å². The molecule has 0 atom stereocenters. The number of H-pyrrole nitrogens is 1. The fourth-order valence-electron chi connectivity index (χ4n) is 9.77. The maximum atomic E-state index is 7.09. The van der Waals surface area contributed by atoms with E-state index < -0.39 is 8.07 Å². The van der Waals surface area contributed by atoms with Gasteiger partial charge in [0.25, 0.3) is 0 Å². The Morgan fingerprint density at radius 1 is 0.414 bits per heavy atom. The third-order valence-corrected chi connectivity index (χ3v) is 17.1. The third kappa shape index (κ3) is 4.73. The van der Waals surface area contributed by atoms with Gasteiger partial charge in [-0.25, -0.2) is 0 Å². The van der Waals surface area contributed by atoms with Crippen molar-refractivity contribution in [3.8, 4) is 39.4 Å². The van der Waals surface area contributed by atoms with E-state index in [0.29, 0.717) is 0 Å². The summed E-state index contributed by atoms with van der Waals surface area (Å²) in [6.45, 7) is 0. The van der Waals surface area contributed by atoms with Crippen LogP contribution in [0.1, 0.15) is 0 Å². The first-order valence-corrected chi connectivity index (χ1v) is 21.9. The Labute approximate surface area is 337 Å². The van der Waals surface area contributed by atoms with E-state index in [-0.39, 0.29) is 0 Å². The van der Waals surface area contributed by atoms with Crippen LogP contribution in [-0.2, 0) is 0 Å². The molecule has 9 aromatic carbocycles. The summed E-state index contributed by atoms with van der Waals surface area (Å²) in [5.41, 5.74) is 10.4. The number of para-hydroxylation sites is 4. The van der Waals surface area contributed by atoms with Gasteiger partial charge < -0.3 is 14.3 Å². The van der Waals surface area contributed by atoms with E-state index in [1.165, 1.54) is 64.5 Å². The van der Waals surface area contributed by atoms with Gasteiger partial charge in [-0.05, 0) is 74.3 Å². The highest BCUT2D eigenvalue weighted by Gasteiger charge is 2.48. The van der Waals surface area contributed by atoms with Crippen LogP contribution in [0.15, 0.2) is 212 Å². The molecule has 0 unspecified atom stereocenters. The number of benzene rings is 9. The summed E-state index contributed by atoms with van der Waals surface area (Å²) < 4.78 is 9.50. The van der Waals surface area contributed by atoms with Gasteiger partial charge in [0.15, 0.2) is 8.07 Å². The number of hydrogen-bond donors (Lipinski definition) is 1. The summed E-state index contributed by atoms with van der Waals surface area (Å²) in [5.74, 6) is 1.87. The van der Waals surface area contributed by atoms with Gasteiger partial charge in [-0.3, -0.25) is 0 Å². The Morgan fingerprint density at radius 2 is 1.05 bits per heavy atom. The van der Waals surface area contributed by atoms with Gasteiger partial charge in [-0.1, -0.05) is 170 Å². The van der Waals surface area contributed by atoms with Crippen molar-refractivity contribution in [1.82, 2.24) is 9.55 Å². The van der Waals surface area contributed by atoms with Crippen molar-refractivity contribution < 1.29 is 4.74 Å². The number of aromatic nitrogens is 2. The Bertz CT molecular complexity index is 3330. The van der Waals surface area contributed by atoms with Crippen molar-refractivity contribution in [2.24, 2.45) is 0 Å². The number of fused-ring (bicyclic) bond motifs is 8. The Kier molecular flexibility index (Phi) is 7.25. The molecule has 0 spiro atoms. The smallest absolute Gasteiger partial charge is 0.188 e. The van der Waals surface area contributed by atoms with E-state index in [9.17, 15) is 0 Å². The lowest BCUT2D eigenvalue weighted by molar-refractivity contribution is 0.489. The molecule has 0 amide bonds. The number of nitrogens with zero attached hydrogens (tertiary/aromatic N) is 1. The molecule has 0 aliphatic carbocycles. The van der Waals surface area contributed by atoms with Crippen LogP contribution in [0.2, 0.25) is 0 Å². The molecule has 1 N–H and O–H groups in total. The molecule has 0 radical (unpaired) electrons. The minimum Gasteiger partial charge on any atom is -0.457 e. The standard InChI is InChI=1S/C54H36N2OSi/c1-4-16-36(17-5-1)37-30-33-49-46(34-37)41-22-10-11-26-48(41)56(49)38-31-32-47-45(35-38)43-24-14-23-42(53(43)55-47)44-25-15-29-52-54(44)57-50-27-12-13-28-51(50)58(52,39-18-6-2-7-19-39)40-20-8-3-9-21-40/h1-35,55H. The van der Waals surface area contributed by atoms with Crippen LogP contribution >= 0.6 is 0 Å². The van der Waals surface area contributed by atoms with Crippen LogP contribution in [0, 0.1) is 0 Å². The molecule has 11 aromatic rings. The van der Waals surface area contributed by atoms with Gasteiger partial charge in [0, 0.05) is 43.9 Å². The molecule has 0 saturated heterocycles. The lowest BCUT2D eigenvalue weighted by Crippen LogP contribution is -2.76. The summed E-state index contributed by atoms with van der Waals surface area (Å²) >= 11 is 0. The fourth-order valence-corrected chi connectivity index (χ4v) is 14.7.